The molecule has 1 aromatic heterocycles. The minimum absolute atomic E-state index is 0.259. The van der Waals surface area contributed by atoms with Crippen molar-refractivity contribution in [3.8, 4) is 28.4 Å². The second kappa shape index (κ2) is 8.34. The highest BCUT2D eigenvalue weighted by atomic mass is 16.5. The van der Waals surface area contributed by atoms with Crippen LogP contribution in [-0.4, -0.2) is 27.7 Å². The van der Waals surface area contributed by atoms with Gasteiger partial charge >= 0.3 is 5.97 Å². The highest BCUT2D eigenvalue weighted by molar-refractivity contribution is 5.88. The smallest absolute Gasteiger partial charge is 0.335 e. The van der Waals surface area contributed by atoms with Gasteiger partial charge in [0.15, 0.2) is 0 Å². The Labute approximate surface area is 152 Å². The minimum atomic E-state index is -0.936. The van der Waals surface area contributed by atoms with Crippen LogP contribution in [0, 0.1) is 0 Å². The summed E-state index contributed by atoms with van der Waals surface area (Å²) in [6, 6.07) is 14.6. The summed E-state index contributed by atoms with van der Waals surface area (Å²) in [7, 11) is 0. The molecule has 0 amide bonds. The number of aromatic amines is 1. The van der Waals surface area contributed by atoms with Crippen LogP contribution in [0.15, 0.2) is 54.7 Å². The van der Waals surface area contributed by atoms with Crippen LogP contribution >= 0.6 is 0 Å². The van der Waals surface area contributed by atoms with E-state index in [1.165, 1.54) is 12.8 Å². The number of aromatic nitrogens is 2. The predicted molar refractivity (Wildman–Crippen MR) is 101 cm³/mol. The maximum absolute atomic E-state index is 10.9. The number of aromatic carboxylic acids is 1. The number of carboxylic acids is 1. The normalized spacial score (nSPS) is 10.7. The van der Waals surface area contributed by atoms with Gasteiger partial charge in [-0.15, -0.1) is 0 Å². The zero-order valence-corrected chi connectivity index (χ0v) is 14.7. The number of nitrogens with one attached hydrogen (secondary N) is 1. The van der Waals surface area contributed by atoms with Crippen LogP contribution in [0.3, 0.4) is 0 Å². The van der Waals surface area contributed by atoms with E-state index in [2.05, 4.69) is 16.9 Å². The average molecular weight is 350 g/mol. The fourth-order valence-electron chi connectivity index (χ4n) is 2.66. The number of H-pyrrole nitrogens is 1. The van der Waals surface area contributed by atoms with Crippen molar-refractivity contribution in [2.45, 2.75) is 26.2 Å². The van der Waals surface area contributed by atoms with E-state index in [1.54, 1.807) is 30.5 Å². The third kappa shape index (κ3) is 4.30. The number of unbranched alkanes of at least 4 members (excludes halogenated alkanes) is 2. The van der Waals surface area contributed by atoms with E-state index in [0.29, 0.717) is 5.82 Å². The quantitative estimate of drug-likeness (QED) is 0.560. The van der Waals surface area contributed by atoms with Crippen molar-refractivity contribution in [3.63, 3.8) is 0 Å². The van der Waals surface area contributed by atoms with Crippen LogP contribution in [0.5, 0.6) is 5.75 Å². The van der Waals surface area contributed by atoms with Crippen molar-refractivity contribution in [1.29, 1.82) is 0 Å². The fourth-order valence-corrected chi connectivity index (χ4v) is 2.66. The average Bonchev–Trinajstić information content (AvgIpc) is 3.16. The second-order valence-corrected chi connectivity index (χ2v) is 6.11. The number of carboxylic acid groups (broad SMARTS) is 1. The molecule has 0 atom stereocenters. The molecule has 0 bridgehead atoms. The van der Waals surface area contributed by atoms with E-state index in [4.69, 9.17) is 9.84 Å². The third-order valence-corrected chi connectivity index (χ3v) is 4.16. The van der Waals surface area contributed by atoms with E-state index in [9.17, 15) is 4.79 Å². The molecular formula is C21H22N2O3. The molecule has 0 aliphatic heterocycles. The van der Waals surface area contributed by atoms with Gasteiger partial charge < -0.3 is 14.8 Å². The summed E-state index contributed by atoms with van der Waals surface area (Å²) in [5.41, 5.74) is 3.03. The van der Waals surface area contributed by atoms with Gasteiger partial charge in [0.2, 0.25) is 0 Å². The standard InChI is InChI=1S/C21H22N2O3/c1-2-3-4-13-26-18-11-9-15(10-12-18)19-14-22-20(23-19)16-5-7-17(8-6-16)21(24)25/h5-12,14H,2-4,13H2,1H3,(H,22,23)(H,24,25). The summed E-state index contributed by atoms with van der Waals surface area (Å²) in [5.74, 6) is 0.638. The first kappa shape index (κ1) is 17.7. The van der Waals surface area contributed by atoms with Gasteiger partial charge in [-0.3, -0.25) is 0 Å². The summed E-state index contributed by atoms with van der Waals surface area (Å²) in [6.07, 6.45) is 5.21. The van der Waals surface area contributed by atoms with E-state index >= 15 is 0 Å². The third-order valence-electron chi connectivity index (χ3n) is 4.16. The van der Waals surface area contributed by atoms with Crippen LogP contribution < -0.4 is 4.74 Å². The van der Waals surface area contributed by atoms with E-state index in [1.807, 2.05) is 24.3 Å². The number of nitrogens with zero attached hydrogens (tertiary/aromatic N) is 1. The molecule has 134 valence electrons. The molecule has 0 aliphatic rings. The van der Waals surface area contributed by atoms with Gasteiger partial charge in [0.05, 0.1) is 24.1 Å². The summed E-state index contributed by atoms with van der Waals surface area (Å²) in [4.78, 5) is 18.6. The molecule has 3 aromatic rings. The summed E-state index contributed by atoms with van der Waals surface area (Å²) in [5, 5.41) is 8.97. The Balaban J connectivity index is 1.68. The molecule has 0 spiro atoms. The lowest BCUT2D eigenvalue weighted by atomic mass is 10.1. The Hall–Kier alpha value is -3.08. The Morgan fingerprint density at radius 1 is 1.04 bits per heavy atom. The van der Waals surface area contributed by atoms with Crippen LogP contribution in [0.25, 0.3) is 22.6 Å². The van der Waals surface area contributed by atoms with Crippen molar-refractivity contribution in [2.75, 3.05) is 6.61 Å². The molecule has 0 fully saturated rings. The minimum Gasteiger partial charge on any atom is -0.494 e. The number of imidazole rings is 1. The molecule has 5 nitrogen and oxygen atoms in total. The Morgan fingerprint density at radius 2 is 1.73 bits per heavy atom. The molecule has 5 heteroatoms. The van der Waals surface area contributed by atoms with Crippen molar-refractivity contribution in [2.24, 2.45) is 0 Å². The SMILES string of the molecule is CCCCCOc1ccc(-c2cnc(-c3ccc(C(=O)O)cc3)[nH]2)cc1. The monoisotopic (exact) mass is 350 g/mol. The predicted octanol–water partition coefficient (Wildman–Crippen LogP) is 5.01. The van der Waals surface area contributed by atoms with Gasteiger partial charge in [-0.2, -0.15) is 0 Å². The van der Waals surface area contributed by atoms with Crippen LogP contribution in [-0.2, 0) is 0 Å². The first-order valence-electron chi connectivity index (χ1n) is 8.79. The van der Waals surface area contributed by atoms with Gasteiger partial charge in [0, 0.05) is 5.56 Å². The Morgan fingerprint density at radius 3 is 2.38 bits per heavy atom. The molecule has 0 unspecified atom stereocenters. The van der Waals surface area contributed by atoms with Gasteiger partial charge in [-0.05, 0) is 48.4 Å². The lowest BCUT2D eigenvalue weighted by Crippen LogP contribution is -1.96. The van der Waals surface area contributed by atoms with Crippen LogP contribution in [0.2, 0.25) is 0 Å². The van der Waals surface area contributed by atoms with Crippen molar-refractivity contribution >= 4 is 5.97 Å². The molecule has 0 saturated heterocycles. The van der Waals surface area contributed by atoms with Gasteiger partial charge in [-0.25, -0.2) is 9.78 Å². The largest absolute Gasteiger partial charge is 0.494 e. The number of carbonyl (C=O) groups is 1. The summed E-state index contributed by atoms with van der Waals surface area (Å²) >= 11 is 0. The highest BCUT2D eigenvalue weighted by Crippen LogP contribution is 2.24. The molecule has 0 radical (unpaired) electrons. The Kier molecular flexibility index (Phi) is 5.69. The lowest BCUT2D eigenvalue weighted by molar-refractivity contribution is 0.0697. The highest BCUT2D eigenvalue weighted by Gasteiger charge is 2.08. The maximum Gasteiger partial charge on any atom is 0.335 e. The Bertz CT molecular complexity index is 852. The maximum atomic E-state index is 10.9. The zero-order valence-electron chi connectivity index (χ0n) is 14.7. The molecule has 2 aromatic carbocycles. The molecule has 0 saturated carbocycles. The number of ether oxygens (including phenoxy) is 1. The van der Waals surface area contributed by atoms with Crippen LogP contribution in [0.4, 0.5) is 0 Å². The van der Waals surface area contributed by atoms with Crippen molar-refractivity contribution < 1.29 is 14.6 Å². The van der Waals surface area contributed by atoms with Gasteiger partial charge in [0.1, 0.15) is 11.6 Å². The molecule has 0 aliphatic carbocycles. The van der Waals surface area contributed by atoms with Crippen molar-refractivity contribution in [1.82, 2.24) is 9.97 Å². The molecule has 1 heterocycles. The zero-order chi connectivity index (χ0) is 18.4. The lowest BCUT2D eigenvalue weighted by Gasteiger charge is -2.06. The number of benzene rings is 2. The van der Waals surface area contributed by atoms with Crippen LogP contribution in [0.1, 0.15) is 36.5 Å². The van der Waals surface area contributed by atoms with E-state index in [0.717, 1.165) is 35.6 Å². The molecule has 26 heavy (non-hydrogen) atoms. The number of hydrogen-bond donors (Lipinski definition) is 2. The van der Waals surface area contributed by atoms with E-state index in [-0.39, 0.29) is 5.56 Å². The van der Waals surface area contributed by atoms with Crippen molar-refractivity contribution in [3.05, 3.63) is 60.3 Å². The fraction of sp³-hybridized carbons (Fsp3) is 0.238. The van der Waals surface area contributed by atoms with Gasteiger partial charge in [0.25, 0.3) is 0 Å². The molecule has 3 rings (SSSR count). The van der Waals surface area contributed by atoms with E-state index < -0.39 is 5.97 Å². The summed E-state index contributed by atoms with van der Waals surface area (Å²) in [6.45, 7) is 2.92. The molecule has 2 N–H and O–H groups in total. The number of hydrogen-bond acceptors (Lipinski definition) is 3. The topological polar surface area (TPSA) is 75.2 Å². The first-order valence-corrected chi connectivity index (χ1v) is 8.79. The second-order valence-electron chi connectivity index (χ2n) is 6.11. The summed E-state index contributed by atoms with van der Waals surface area (Å²) < 4.78 is 5.73. The molecular weight excluding hydrogens is 328 g/mol. The first-order chi connectivity index (χ1) is 12.7. The number of rotatable bonds is 8. The van der Waals surface area contributed by atoms with Gasteiger partial charge in [-0.1, -0.05) is 31.9 Å².